The predicted molar refractivity (Wildman–Crippen MR) is 114 cm³/mol. The molecule has 154 valence electrons. The van der Waals surface area contributed by atoms with Gasteiger partial charge in [-0.2, -0.15) is 11.8 Å². The fourth-order valence-electron chi connectivity index (χ4n) is 2.95. The number of hydrogen-bond acceptors (Lipinski definition) is 4. The van der Waals surface area contributed by atoms with E-state index in [1.807, 2.05) is 11.2 Å². The van der Waals surface area contributed by atoms with Gasteiger partial charge in [0.2, 0.25) is 11.8 Å². The Hall–Kier alpha value is -1.44. The molecule has 0 aromatic heterocycles. The maximum absolute atomic E-state index is 12.5. The normalized spacial score (nSPS) is 14.6. The Morgan fingerprint density at radius 1 is 1.21 bits per heavy atom. The van der Waals surface area contributed by atoms with Gasteiger partial charge in [-0.15, -0.1) is 0 Å². The molecule has 1 heterocycles. The van der Waals surface area contributed by atoms with Crippen LogP contribution >= 0.6 is 35.0 Å². The Labute approximate surface area is 179 Å². The van der Waals surface area contributed by atoms with Crippen LogP contribution in [0, 0.1) is 0 Å². The molecule has 9 heteroatoms. The molecule has 2 N–H and O–H groups in total. The maximum Gasteiger partial charge on any atom is 0.253 e. The molecule has 1 aliphatic heterocycles. The van der Waals surface area contributed by atoms with E-state index >= 15 is 0 Å². The zero-order chi connectivity index (χ0) is 20.5. The first kappa shape index (κ1) is 22.8. The van der Waals surface area contributed by atoms with E-state index in [1.165, 1.54) is 12.1 Å². The van der Waals surface area contributed by atoms with Crippen molar-refractivity contribution >= 4 is 52.7 Å². The Kier molecular flexibility index (Phi) is 9.41. The molecule has 1 aliphatic rings. The third-order valence-electron chi connectivity index (χ3n) is 4.51. The lowest BCUT2D eigenvalue weighted by molar-refractivity contribution is -0.130. The lowest BCUT2D eigenvalue weighted by Crippen LogP contribution is -2.47. The highest BCUT2D eigenvalue weighted by molar-refractivity contribution is 7.98. The van der Waals surface area contributed by atoms with Crippen molar-refractivity contribution in [3.8, 4) is 0 Å². The molecule has 1 fully saturated rings. The summed E-state index contributed by atoms with van der Waals surface area (Å²) in [5.74, 6) is 0.0209. The number of rotatable bonds is 9. The number of halogens is 2. The van der Waals surface area contributed by atoms with Crippen LogP contribution in [0.15, 0.2) is 18.2 Å². The molecule has 6 nitrogen and oxygen atoms in total. The van der Waals surface area contributed by atoms with Gasteiger partial charge in [0.05, 0.1) is 10.6 Å². The first-order chi connectivity index (χ1) is 13.4. The van der Waals surface area contributed by atoms with Crippen molar-refractivity contribution in [2.45, 2.75) is 31.7 Å². The van der Waals surface area contributed by atoms with Crippen molar-refractivity contribution in [1.82, 2.24) is 15.5 Å². The van der Waals surface area contributed by atoms with Crippen molar-refractivity contribution in [1.29, 1.82) is 0 Å². The van der Waals surface area contributed by atoms with Gasteiger partial charge in [0.25, 0.3) is 5.91 Å². The van der Waals surface area contributed by atoms with Crippen molar-refractivity contribution < 1.29 is 14.4 Å². The Balaban J connectivity index is 1.90. The van der Waals surface area contributed by atoms with Gasteiger partial charge in [-0.3, -0.25) is 14.4 Å². The summed E-state index contributed by atoms with van der Waals surface area (Å²) < 4.78 is 0. The minimum atomic E-state index is -0.700. The summed E-state index contributed by atoms with van der Waals surface area (Å²) >= 11 is 13.5. The first-order valence-electron chi connectivity index (χ1n) is 9.22. The highest BCUT2D eigenvalue weighted by atomic mass is 35.5. The molecule has 1 saturated heterocycles. The Morgan fingerprint density at radius 2 is 1.93 bits per heavy atom. The summed E-state index contributed by atoms with van der Waals surface area (Å²) in [6, 6.07) is 3.88. The monoisotopic (exact) mass is 445 g/mol. The molecular weight excluding hydrogens is 421 g/mol. The number of amides is 3. The second-order valence-corrected chi connectivity index (χ2v) is 8.39. The van der Waals surface area contributed by atoms with Gasteiger partial charge in [-0.25, -0.2) is 0 Å². The van der Waals surface area contributed by atoms with Gasteiger partial charge in [0, 0.05) is 31.1 Å². The number of benzene rings is 1. The average molecular weight is 446 g/mol. The van der Waals surface area contributed by atoms with Gasteiger partial charge >= 0.3 is 0 Å². The molecule has 0 bridgehead atoms. The molecule has 0 spiro atoms. The molecule has 2 rings (SSSR count). The fraction of sp³-hybridized carbons (Fsp3) is 0.526. The van der Waals surface area contributed by atoms with E-state index in [0.717, 1.165) is 25.9 Å². The van der Waals surface area contributed by atoms with Crippen LogP contribution in [0.1, 0.15) is 36.0 Å². The van der Waals surface area contributed by atoms with E-state index in [1.54, 1.807) is 17.8 Å². The van der Waals surface area contributed by atoms with Crippen molar-refractivity contribution in [2.24, 2.45) is 0 Å². The van der Waals surface area contributed by atoms with E-state index < -0.39 is 11.9 Å². The molecule has 1 unspecified atom stereocenters. The second kappa shape index (κ2) is 11.5. The van der Waals surface area contributed by atoms with Gasteiger partial charge in [-0.05, 0) is 49.5 Å². The number of carbonyl (C=O) groups excluding carboxylic acids is 3. The third-order valence-corrected chi connectivity index (χ3v) is 5.70. The van der Waals surface area contributed by atoms with Crippen LogP contribution < -0.4 is 10.6 Å². The van der Waals surface area contributed by atoms with E-state index in [2.05, 4.69) is 10.6 Å². The van der Waals surface area contributed by atoms with E-state index in [4.69, 9.17) is 23.2 Å². The molecule has 28 heavy (non-hydrogen) atoms. The Bertz CT molecular complexity index is 712. The van der Waals surface area contributed by atoms with Crippen molar-refractivity contribution in [3.63, 3.8) is 0 Å². The zero-order valence-corrected chi connectivity index (χ0v) is 18.1. The maximum atomic E-state index is 12.5. The Morgan fingerprint density at radius 3 is 2.57 bits per heavy atom. The molecular formula is C19H25Cl2N3O3S. The number of carbonyl (C=O) groups is 3. The smallest absolute Gasteiger partial charge is 0.253 e. The van der Waals surface area contributed by atoms with Crippen LogP contribution in [0.3, 0.4) is 0 Å². The number of nitrogens with one attached hydrogen (secondary N) is 2. The third kappa shape index (κ3) is 6.87. The largest absolute Gasteiger partial charge is 0.354 e. The highest BCUT2D eigenvalue weighted by Crippen LogP contribution is 2.21. The average Bonchev–Trinajstić information content (AvgIpc) is 3.19. The van der Waals surface area contributed by atoms with Crippen molar-refractivity contribution in [3.05, 3.63) is 33.8 Å². The molecule has 1 aromatic carbocycles. The summed E-state index contributed by atoms with van der Waals surface area (Å²) in [5.41, 5.74) is 0.261. The van der Waals surface area contributed by atoms with Crippen LogP contribution in [0.2, 0.25) is 10.0 Å². The minimum Gasteiger partial charge on any atom is -0.354 e. The summed E-state index contributed by atoms with van der Waals surface area (Å²) in [6.45, 7) is 1.84. The molecule has 3 amide bonds. The summed E-state index contributed by atoms with van der Waals surface area (Å²) in [7, 11) is 0. The number of hydrogen-bond donors (Lipinski definition) is 2. The molecule has 0 saturated carbocycles. The summed E-state index contributed by atoms with van der Waals surface area (Å²) in [6.07, 6.45) is 4.74. The summed E-state index contributed by atoms with van der Waals surface area (Å²) in [4.78, 5) is 39.0. The number of thioether (sulfide) groups is 1. The molecule has 1 aromatic rings. The summed E-state index contributed by atoms with van der Waals surface area (Å²) in [5, 5.41) is 6.15. The first-order valence-corrected chi connectivity index (χ1v) is 11.4. The lowest BCUT2D eigenvalue weighted by Gasteiger charge is -2.19. The second-order valence-electron chi connectivity index (χ2n) is 6.56. The minimum absolute atomic E-state index is 0.0513. The SMILES string of the molecule is CSCCC(NC(=O)c1ccc(Cl)cc1Cl)C(=O)NCCC(=O)N1CCCC1. The highest BCUT2D eigenvalue weighted by Gasteiger charge is 2.23. The number of nitrogens with zero attached hydrogens (tertiary/aromatic N) is 1. The lowest BCUT2D eigenvalue weighted by atomic mass is 10.1. The van der Waals surface area contributed by atoms with Crippen LogP contribution in [0.4, 0.5) is 0 Å². The van der Waals surface area contributed by atoms with Gasteiger partial charge in [0.1, 0.15) is 6.04 Å². The quantitative estimate of drug-likeness (QED) is 0.612. The molecule has 1 atom stereocenters. The van der Waals surface area contributed by atoms with Crippen LogP contribution in [-0.4, -0.2) is 60.3 Å². The molecule has 0 aliphatic carbocycles. The van der Waals surface area contributed by atoms with E-state index in [0.29, 0.717) is 17.2 Å². The number of likely N-dealkylation sites (tertiary alicyclic amines) is 1. The van der Waals surface area contributed by atoms with Crippen LogP contribution in [0.5, 0.6) is 0 Å². The van der Waals surface area contributed by atoms with E-state index in [9.17, 15) is 14.4 Å². The van der Waals surface area contributed by atoms with Crippen LogP contribution in [-0.2, 0) is 9.59 Å². The van der Waals surface area contributed by atoms with Gasteiger partial charge in [0.15, 0.2) is 0 Å². The van der Waals surface area contributed by atoms with Crippen LogP contribution in [0.25, 0.3) is 0 Å². The van der Waals surface area contributed by atoms with E-state index in [-0.39, 0.29) is 35.4 Å². The van der Waals surface area contributed by atoms with Crippen molar-refractivity contribution in [2.75, 3.05) is 31.6 Å². The predicted octanol–water partition coefficient (Wildman–Crippen LogP) is 2.97. The van der Waals surface area contributed by atoms with Gasteiger partial charge in [-0.1, -0.05) is 23.2 Å². The van der Waals surface area contributed by atoms with Gasteiger partial charge < -0.3 is 15.5 Å². The molecule has 0 radical (unpaired) electrons. The zero-order valence-electron chi connectivity index (χ0n) is 15.8. The standard InChI is InChI=1S/C19H25Cl2N3O3S/c1-28-11-7-16(23-18(26)14-5-4-13(20)12-15(14)21)19(27)22-8-6-17(25)24-9-2-3-10-24/h4-5,12,16H,2-3,6-11H2,1H3,(H,22,27)(H,23,26). The topological polar surface area (TPSA) is 78.5 Å². The fourth-order valence-corrected chi connectivity index (χ4v) is 3.92.